The van der Waals surface area contributed by atoms with Gasteiger partial charge in [0.2, 0.25) is 0 Å². The molecule has 2 aromatic rings. The molecule has 4 nitrogen and oxygen atoms in total. The minimum absolute atomic E-state index is 0.206. The lowest BCUT2D eigenvalue weighted by atomic mass is 10.1. The third kappa shape index (κ3) is 4.71. The van der Waals surface area contributed by atoms with Crippen LogP contribution in [0.15, 0.2) is 52.3 Å². The first kappa shape index (κ1) is 17.8. The lowest BCUT2D eigenvalue weighted by molar-refractivity contribution is 0.0503. The van der Waals surface area contributed by atoms with Gasteiger partial charge in [-0.1, -0.05) is 11.8 Å². The number of ether oxygens (including phenoxy) is 2. The van der Waals surface area contributed by atoms with E-state index in [4.69, 9.17) is 9.47 Å². The molecule has 0 amide bonds. The minimum atomic E-state index is -0.557. The first-order chi connectivity index (χ1) is 11.0. The van der Waals surface area contributed by atoms with Crippen molar-refractivity contribution in [2.24, 2.45) is 0 Å². The maximum atomic E-state index is 12.1. The molecule has 0 heterocycles. The summed E-state index contributed by atoms with van der Waals surface area (Å²) in [5.41, 5.74) is 0.423. The van der Waals surface area contributed by atoms with Crippen LogP contribution in [0.2, 0.25) is 0 Å². The second-order valence-electron chi connectivity index (χ2n) is 4.48. The van der Waals surface area contributed by atoms with Gasteiger partial charge in [-0.25, -0.2) is 9.59 Å². The molecule has 0 spiro atoms. The van der Waals surface area contributed by atoms with Gasteiger partial charge < -0.3 is 9.47 Å². The summed E-state index contributed by atoms with van der Waals surface area (Å²) in [6.07, 6.45) is 0. The van der Waals surface area contributed by atoms with Crippen molar-refractivity contribution in [2.75, 3.05) is 13.7 Å². The summed E-state index contributed by atoms with van der Waals surface area (Å²) < 4.78 is 10.9. The van der Waals surface area contributed by atoms with Crippen LogP contribution in [0, 0.1) is 3.57 Å². The van der Waals surface area contributed by atoms with Gasteiger partial charge in [-0.05, 0) is 72.0 Å². The number of halogens is 1. The van der Waals surface area contributed by atoms with Crippen LogP contribution >= 0.6 is 34.4 Å². The van der Waals surface area contributed by atoms with Crippen molar-refractivity contribution < 1.29 is 19.1 Å². The fourth-order valence-corrected chi connectivity index (χ4v) is 3.11. The molecule has 0 atom stereocenters. The number of benzene rings is 2. The average molecular weight is 442 g/mol. The zero-order valence-corrected chi connectivity index (χ0v) is 15.6. The van der Waals surface area contributed by atoms with Gasteiger partial charge in [-0.2, -0.15) is 0 Å². The van der Waals surface area contributed by atoms with Crippen LogP contribution in [0.5, 0.6) is 0 Å². The van der Waals surface area contributed by atoms with Gasteiger partial charge in [0, 0.05) is 13.4 Å². The topological polar surface area (TPSA) is 52.6 Å². The molecule has 0 bridgehead atoms. The van der Waals surface area contributed by atoms with Gasteiger partial charge in [0.1, 0.15) is 0 Å². The van der Waals surface area contributed by atoms with E-state index in [2.05, 4.69) is 22.6 Å². The highest BCUT2D eigenvalue weighted by Crippen LogP contribution is 2.30. The molecule has 0 saturated heterocycles. The predicted molar refractivity (Wildman–Crippen MR) is 97.0 cm³/mol. The van der Waals surface area contributed by atoms with Crippen molar-refractivity contribution in [2.45, 2.75) is 16.7 Å². The lowest BCUT2D eigenvalue weighted by Crippen LogP contribution is -2.13. The summed E-state index contributed by atoms with van der Waals surface area (Å²) in [6.45, 7) is 1.97. The molecule has 6 heteroatoms. The number of carbonyl (C=O) groups is 2. The van der Waals surface area contributed by atoms with Crippen molar-refractivity contribution in [1.29, 1.82) is 0 Å². The maximum Gasteiger partial charge on any atom is 0.339 e. The molecule has 0 saturated carbocycles. The molecular weight excluding hydrogens is 427 g/mol. The number of rotatable bonds is 5. The quantitative estimate of drug-likeness (QED) is 0.508. The van der Waals surface area contributed by atoms with E-state index in [1.165, 1.54) is 18.9 Å². The monoisotopic (exact) mass is 442 g/mol. The van der Waals surface area contributed by atoms with Crippen LogP contribution in [0.25, 0.3) is 0 Å². The summed E-state index contributed by atoms with van der Waals surface area (Å²) in [4.78, 5) is 25.8. The average Bonchev–Trinajstić information content (AvgIpc) is 2.56. The Kier molecular flexibility index (Phi) is 6.47. The minimum Gasteiger partial charge on any atom is -0.465 e. The fourth-order valence-electron chi connectivity index (χ4n) is 1.89. The SMILES string of the molecule is CCOC(=O)c1cc(Sc2ccc(I)cc2)ccc1C(=O)OC. The van der Waals surface area contributed by atoms with Crippen LogP contribution in [0.1, 0.15) is 27.6 Å². The number of carbonyl (C=O) groups excluding carboxylic acids is 2. The molecule has 0 radical (unpaired) electrons. The molecule has 0 unspecified atom stereocenters. The van der Waals surface area contributed by atoms with E-state index < -0.39 is 11.9 Å². The molecule has 0 aliphatic carbocycles. The predicted octanol–water partition coefficient (Wildman–Crippen LogP) is 4.41. The Hall–Kier alpha value is -1.54. The molecule has 2 rings (SSSR count). The van der Waals surface area contributed by atoms with Crippen LogP contribution in [-0.4, -0.2) is 25.7 Å². The molecule has 120 valence electrons. The van der Waals surface area contributed by atoms with Gasteiger partial charge in [0.25, 0.3) is 0 Å². The molecule has 0 N–H and O–H groups in total. The third-order valence-electron chi connectivity index (χ3n) is 2.94. The van der Waals surface area contributed by atoms with Gasteiger partial charge in [-0.3, -0.25) is 0 Å². The van der Waals surface area contributed by atoms with E-state index >= 15 is 0 Å². The van der Waals surface area contributed by atoms with E-state index in [1.54, 1.807) is 25.1 Å². The van der Waals surface area contributed by atoms with Crippen LogP contribution in [0.4, 0.5) is 0 Å². The van der Waals surface area contributed by atoms with Crippen LogP contribution in [-0.2, 0) is 9.47 Å². The number of hydrogen-bond donors (Lipinski definition) is 0. The van der Waals surface area contributed by atoms with Crippen LogP contribution < -0.4 is 0 Å². The van der Waals surface area contributed by atoms with Gasteiger partial charge in [-0.15, -0.1) is 0 Å². The molecule has 2 aromatic carbocycles. The molecule has 0 aliphatic rings. The lowest BCUT2D eigenvalue weighted by Gasteiger charge is -2.10. The summed E-state index contributed by atoms with van der Waals surface area (Å²) in [5, 5.41) is 0. The first-order valence-corrected chi connectivity index (χ1v) is 8.77. The Morgan fingerprint density at radius 3 is 2.26 bits per heavy atom. The molecule has 0 fully saturated rings. The van der Waals surface area contributed by atoms with Crippen molar-refractivity contribution >= 4 is 46.3 Å². The first-order valence-electron chi connectivity index (χ1n) is 6.88. The zero-order valence-electron chi connectivity index (χ0n) is 12.7. The molecule has 23 heavy (non-hydrogen) atoms. The van der Waals surface area contributed by atoms with Crippen molar-refractivity contribution in [1.82, 2.24) is 0 Å². The van der Waals surface area contributed by atoms with E-state index in [9.17, 15) is 9.59 Å². The Balaban J connectivity index is 2.34. The molecule has 0 aromatic heterocycles. The number of hydrogen-bond acceptors (Lipinski definition) is 5. The highest BCUT2D eigenvalue weighted by molar-refractivity contribution is 14.1. The summed E-state index contributed by atoms with van der Waals surface area (Å²) in [5.74, 6) is -1.09. The Labute approximate surface area is 152 Å². The molecule has 0 aliphatic heterocycles. The fraction of sp³-hybridized carbons (Fsp3) is 0.176. The largest absolute Gasteiger partial charge is 0.465 e. The van der Waals surface area contributed by atoms with Gasteiger partial charge in [0.15, 0.2) is 0 Å². The Morgan fingerprint density at radius 1 is 1.00 bits per heavy atom. The van der Waals surface area contributed by atoms with Gasteiger partial charge >= 0.3 is 11.9 Å². The normalized spacial score (nSPS) is 10.2. The number of esters is 2. The van der Waals surface area contributed by atoms with Crippen molar-refractivity contribution in [3.05, 3.63) is 57.2 Å². The standard InChI is InChI=1S/C17H15IO4S/c1-3-22-17(20)15-10-13(8-9-14(15)16(19)21-2)23-12-6-4-11(18)5-7-12/h4-10H,3H2,1-2H3. The summed E-state index contributed by atoms with van der Waals surface area (Å²) >= 11 is 3.76. The zero-order chi connectivity index (χ0) is 16.8. The highest BCUT2D eigenvalue weighted by Gasteiger charge is 2.19. The third-order valence-corrected chi connectivity index (χ3v) is 4.66. The second kappa shape index (κ2) is 8.35. The maximum absolute atomic E-state index is 12.1. The smallest absolute Gasteiger partial charge is 0.339 e. The van der Waals surface area contributed by atoms with E-state index in [0.717, 1.165) is 13.4 Å². The summed E-state index contributed by atoms with van der Waals surface area (Å²) in [7, 11) is 1.28. The van der Waals surface area contributed by atoms with Crippen molar-refractivity contribution in [3.63, 3.8) is 0 Å². The molecular formula is C17H15IO4S. The second-order valence-corrected chi connectivity index (χ2v) is 6.87. The highest BCUT2D eigenvalue weighted by atomic mass is 127. The van der Waals surface area contributed by atoms with Gasteiger partial charge in [0.05, 0.1) is 24.8 Å². The summed E-state index contributed by atoms with van der Waals surface area (Å²) in [6, 6.07) is 13.1. The van der Waals surface area contributed by atoms with Crippen LogP contribution in [0.3, 0.4) is 0 Å². The Morgan fingerprint density at radius 2 is 1.65 bits per heavy atom. The number of methoxy groups -OCH3 is 1. The Bertz CT molecular complexity index is 713. The van der Waals surface area contributed by atoms with E-state index in [-0.39, 0.29) is 17.7 Å². The van der Waals surface area contributed by atoms with E-state index in [1.807, 2.05) is 24.3 Å². The van der Waals surface area contributed by atoms with E-state index in [0.29, 0.717) is 0 Å². The van der Waals surface area contributed by atoms with Crippen molar-refractivity contribution in [3.8, 4) is 0 Å².